The normalized spacial score (nSPS) is 19.6. The summed E-state index contributed by atoms with van der Waals surface area (Å²) in [7, 11) is 1.14. The zero-order valence-corrected chi connectivity index (χ0v) is 5.78. The second-order valence-electron chi connectivity index (χ2n) is 1.81. The number of hydrogen-bond acceptors (Lipinski definition) is 2. The molecule has 0 aromatic rings. The lowest BCUT2D eigenvalue weighted by molar-refractivity contribution is 0.198. The van der Waals surface area contributed by atoms with Gasteiger partial charge in [0.2, 0.25) is 0 Å². The Hall–Kier alpha value is -0.100. The fourth-order valence-electron chi connectivity index (χ4n) is 0.628. The lowest BCUT2D eigenvalue weighted by Gasteiger charge is -2.21. The van der Waals surface area contributed by atoms with E-state index >= 15 is 0 Å². The number of carbonyl (C=O) groups excluding carboxylic acids is 1. The third-order valence-electron chi connectivity index (χ3n) is 1.29. The quantitative estimate of drug-likeness (QED) is 0.507. The monoisotopic (exact) mass is 132 g/mol. The van der Waals surface area contributed by atoms with E-state index in [1.807, 2.05) is 0 Å². The molecule has 0 amide bonds. The van der Waals surface area contributed by atoms with Crippen LogP contribution in [0.3, 0.4) is 0 Å². The van der Waals surface area contributed by atoms with E-state index < -0.39 is 0 Å². The Kier molecular flexibility index (Phi) is 1.85. The maximum Gasteiger partial charge on any atom is 0.325 e. The predicted molar refractivity (Wildman–Crippen MR) is 33.7 cm³/mol. The molecule has 1 saturated heterocycles. The van der Waals surface area contributed by atoms with E-state index in [2.05, 4.69) is 4.74 Å². The first-order chi connectivity index (χ1) is 3.84. The van der Waals surface area contributed by atoms with E-state index in [1.165, 1.54) is 13.5 Å². The van der Waals surface area contributed by atoms with Gasteiger partial charge < -0.3 is 4.74 Å². The van der Waals surface area contributed by atoms with Crippen molar-refractivity contribution in [1.29, 1.82) is 0 Å². The van der Waals surface area contributed by atoms with Crippen molar-refractivity contribution < 1.29 is 9.53 Å². The average molecular weight is 132 g/mol. The Morgan fingerprint density at radius 3 is 2.38 bits per heavy atom. The fourth-order valence-corrected chi connectivity index (χ4v) is 1.88. The molecular weight excluding hydrogens is 123 g/mol. The summed E-state index contributed by atoms with van der Waals surface area (Å²) in [5.74, 6) is 0. The first-order valence-electron chi connectivity index (χ1n) is 2.67. The number of ether oxygens (including phenoxy) is 1. The first kappa shape index (κ1) is 6.03. The molecule has 0 aromatic heterocycles. The van der Waals surface area contributed by atoms with Crippen molar-refractivity contribution in [2.75, 3.05) is 19.4 Å². The highest BCUT2D eigenvalue weighted by molar-refractivity contribution is 7.75. The molecule has 0 bridgehead atoms. The van der Waals surface area contributed by atoms with Gasteiger partial charge in [-0.15, -0.1) is 0 Å². The van der Waals surface area contributed by atoms with Crippen LogP contribution in [-0.4, -0.2) is 25.1 Å². The lowest BCUT2D eigenvalue weighted by atomic mass is 10.5. The summed E-state index contributed by atoms with van der Waals surface area (Å²) in [6.07, 6.45) is 3.42. The third-order valence-corrected chi connectivity index (χ3v) is 3.70. The van der Waals surface area contributed by atoms with Crippen LogP contribution in [-0.2, 0) is 4.74 Å². The number of carbonyl (C=O) groups is 1. The molecule has 1 aliphatic rings. The van der Waals surface area contributed by atoms with Crippen LogP contribution in [0.1, 0.15) is 6.42 Å². The molecule has 0 atom stereocenters. The van der Waals surface area contributed by atoms with Crippen molar-refractivity contribution in [3.05, 3.63) is 0 Å². The van der Waals surface area contributed by atoms with Crippen LogP contribution in [0.4, 0.5) is 4.79 Å². The van der Waals surface area contributed by atoms with Gasteiger partial charge in [-0.05, 0) is 18.7 Å². The molecule has 2 nitrogen and oxygen atoms in total. The van der Waals surface area contributed by atoms with Crippen LogP contribution in [0.25, 0.3) is 0 Å². The summed E-state index contributed by atoms with van der Waals surface area (Å²) in [4.78, 5) is 10.6. The van der Waals surface area contributed by atoms with Crippen molar-refractivity contribution >= 4 is 13.6 Å². The summed E-state index contributed by atoms with van der Waals surface area (Å²) < 4.78 is 4.54. The number of rotatable bonds is 1. The van der Waals surface area contributed by atoms with Crippen molar-refractivity contribution in [3.63, 3.8) is 0 Å². The molecule has 46 valence electrons. The standard InChI is InChI=1S/C5H9O2P/c1-7-5(6)8-3-2-4-8/h2-4H2,1H3. The van der Waals surface area contributed by atoms with E-state index in [9.17, 15) is 4.79 Å². The van der Waals surface area contributed by atoms with Crippen molar-refractivity contribution in [1.82, 2.24) is 0 Å². The van der Waals surface area contributed by atoms with Gasteiger partial charge in [0.05, 0.1) is 7.11 Å². The van der Waals surface area contributed by atoms with E-state index in [-0.39, 0.29) is 13.6 Å². The molecule has 0 N–H and O–H groups in total. The molecule has 0 radical (unpaired) electrons. The van der Waals surface area contributed by atoms with Gasteiger partial charge in [0.25, 0.3) is 0 Å². The van der Waals surface area contributed by atoms with Crippen LogP contribution < -0.4 is 0 Å². The summed E-state index contributed by atoms with van der Waals surface area (Å²) in [6.45, 7) is 0. The highest BCUT2D eigenvalue weighted by atomic mass is 31.1. The molecule has 8 heavy (non-hydrogen) atoms. The Morgan fingerprint density at radius 2 is 2.25 bits per heavy atom. The number of methoxy groups -OCH3 is 1. The first-order valence-corrected chi connectivity index (χ1v) is 4.38. The molecule has 1 heterocycles. The molecule has 0 saturated carbocycles. The van der Waals surface area contributed by atoms with Crippen LogP contribution in [0, 0.1) is 0 Å². The maximum atomic E-state index is 10.6. The Morgan fingerprint density at radius 1 is 1.62 bits per heavy atom. The molecule has 3 heteroatoms. The van der Waals surface area contributed by atoms with Crippen LogP contribution in [0.5, 0.6) is 0 Å². The average Bonchev–Trinajstić information content (AvgIpc) is 1.62. The van der Waals surface area contributed by atoms with E-state index in [4.69, 9.17) is 0 Å². The van der Waals surface area contributed by atoms with Crippen LogP contribution in [0.15, 0.2) is 0 Å². The molecule has 0 spiro atoms. The van der Waals surface area contributed by atoms with Gasteiger partial charge in [0.1, 0.15) is 0 Å². The minimum Gasteiger partial charge on any atom is -0.466 e. The van der Waals surface area contributed by atoms with Gasteiger partial charge in [0, 0.05) is 7.92 Å². The van der Waals surface area contributed by atoms with Gasteiger partial charge in [-0.2, -0.15) is 0 Å². The fraction of sp³-hybridized carbons (Fsp3) is 0.800. The van der Waals surface area contributed by atoms with E-state index in [1.54, 1.807) is 0 Å². The van der Waals surface area contributed by atoms with Gasteiger partial charge in [0.15, 0.2) is 0 Å². The van der Waals surface area contributed by atoms with Gasteiger partial charge in [-0.1, -0.05) is 0 Å². The second kappa shape index (κ2) is 2.45. The zero-order chi connectivity index (χ0) is 5.98. The summed E-state index contributed by atoms with van der Waals surface area (Å²) in [5, 5.41) is 0. The van der Waals surface area contributed by atoms with Crippen LogP contribution in [0.2, 0.25) is 0 Å². The molecule has 1 aliphatic heterocycles. The van der Waals surface area contributed by atoms with Gasteiger partial charge in [-0.3, -0.25) is 0 Å². The molecule has 0 unspecified atom stereocenters. The minimum absolute atomic E-state index is 0.0336. The van der Waals surface area contributed by atoms with Gasteiger partial charge >= 0.3 is 5.71 Å². The Labute approximate surface area is 50.0 Å². The minimum atomic E-state index is -0.320. The highest BCUT2D eigenvalue weighted by Gasteiger charge is 2.24. The SMILES string of the molecule is COC(=O)P1CCC1. The zero-order valence-electron chi connectivity index (χ0n) is 4.89. The van der Waals surface area contributed by atoms with E-state index in [0.29, 0.717) is 0 Å². The molecule has 1 rings (SSSR count). The largest absolute Gasteiger partial charge is 0.466 e. The molecule has 0 aromatic carbocycles. The van der Waals surface area contributed by atoms with Crippen molar-refractivity contribution in [3.8, 4) is 0 Å². The topological polar surface area (TPSA) is 26.3 Å². The maximum absolute atomic E-state index is 10.6. The summed E-state index contributed by atoms with van der Waals surface area (Å²) in [5.41, 5.74) is 0.0336. The Bertz CT molecular complexity index is 98.6. The highest BCUT2D eigenvalue weighted by Crippen LogP contribution is 2.47. The summed E-state index contributed by atoms with van der Waals surface area (Å²) >= 11 is 0. The van der Waals surface area contributed by atoms with Crippen molar-refractivity contribution in [2.24, 2.45) is 0 Å². The second-order valence-corrected chi connectivity index (χ2v) is 4.15. The smallest absolute Gasteiger partial charge is 0.325 e. The molecule has 0 aliphatic carbocycles. The predicted octanol–water partition coefficient (Wildman–Crippen LogP) is 1.64. The number of hydrogen-bond donors (Lipinski definition) is 0. The molecule has 1 fully saturated rings. The van der Waals surface area contributed by atoms with Crippen LogP contribution >= 0.6 is 7.92 Å². The van der Waals surface area contributed by atoms with Gasteiger partial charge in [-0.25, -0.2) is 4.79 Å². The van der Waals surface area contributed by atoms with Crippen molar-refractivity contribution in [2.45, 2.75) is 6.42 Å². The summed E-state index contributed by atoms with van der Waals surface area (Å²) in [6, 6.07) is 0. The van der Waals surface area contributed by atoms with E-state index in [0.717, 1.165) is 12.3 Å². The lowest BCUT2D eigenvalue weighted by Crippen LogP contribution is -2.11. The molecular formula is C5H9O2P. The Balaban J connectivity index is 2.24. The third kappa shape index (κ3) is 1.00.